The van der Waals surface area contributed by atoms with Crippen molar-refractivity contribution in [2.75, 3.05) is 16.8 Å². The normalized spacial score (nSPS) is 10.7. The van der Waals surface area contributed by atoms with Crippen molar-refractivity contribution in [1.82, 2.24) is 0 Å². The summed E-state index contributed by atoms with van der Waals surface area (Å²) in [6, 6.07) is 6.37. The van der Waals surface area contributed by atoms with E-state index in [0.717, 1.165) is 5.56 Å². The van der Waals surface area contributed by atoms with Gasteiger partial charge in [0.25, 0.3) is 0 Å². The van der Waals surface area contributed by atoms with Crippen molar-refractivity contribution >= 4 is 33.0 Å². The number of nitrogens with one attached hydrogen (secondary N) is 1. The van der Waals surface area contributed by atoms with Crippen LogP contribution in [0.1, 0.15) is 5.56 Å². The first-order chi connectivity index (χ1) is 8.34. The molecular formula is C11H11ClN2O3S. The molecule has 0 radical (unpaired) electrons. The summed E-state index contributed by atoms with van der Waals surface area (Å²) in [4.78, 5) is 11.5. The van der Waals surface area contributed by atoms with Crippen LogP contribution in [0.3, 0.4) is 0 Å². The van der Waals surface area contributed by atoms with Crippen LogP contribution in [0.5, 0.6) is 0 Å². The maximum atomic E-state index is 11.5. The molecule has 0 spiro atoms. The average Bonchev–Trinajstić information content (AvgIpc) is 2.22. The van der Waals surface area contributed by atoms with E-state index in [4.69, 9.17) is 16.9 Å². The van der Waals surface area contributed by atoms with Crippen molar-refractivity contribution in [2.24, 2.45) is 0 Å². The van der Waals surface area contributed by atoms with Gasteiger partial charge in [-0.1, -0.05) is 17.7 Å². The highest BCUT2D eigenvalue weighted by atomic mass is 35.5. The van der Waals surface area contributed by atoms with Crippen LogP contribution < -0.4 is 5.32 Å². The molecule has 0 saturated heterocycles. The summed E-state index contributed by atoms with van der Waals surface area (Å²) in [5.41, 5.74) is 1.27. The summed E-state index contributed by atoms with van der Waals surface area (Å²) in [6.07, 6.45) is 0. The van der Waals surface area contributed by atoms with Gasteiger partial charge in [0.1, 0.15) is 11.5 Å². The van der Waals surface area contributed by atoms with Crippen LogP contribution in [-0.2, 0) is 14.6 Å². The number of carbonyl (C=O) groups is 1. The number of benzene rings is 1. The summed E-state index contributed by atoms with van der Waals surface area (Å²) < 4.78 is 22.5. The van der Waals surface area contributed by atoms with E-state index >= 15 is 0 Å². The van der Waals surface area contributed by atoms with Crippen molar-refractivity contribution in [1.29, 1.82) is 5.26 Å². The van der Waals surface area contributed by atoms with Crippen molar-refractivity contribution in [3.05, 3.63) is 28.8 Å². The molecule has 96 valence electrons. The molecule has 0 atom stereocenters. The van der Waals surface area contributed by atoms with E-state index in [0.29, 0.717) is 10.7 Å². The first-order valence-electron chi connectivity index (χ1n) is 4.97. The minimum absolute atomic E-state index is 0.419. The molecule has 1 rings (SSSR count). The Bertz CT molecular complexity index is 605. The van der Waals surface area contributed by atoms with Gasteiger partial charge in [-0.15, -0.1) is 0 Å². The number of rotatable bonds is 4. The molecule has 0 aliphatic heterocycles. The minimum Gasteiger partial charge on any atom is -0.325 e. The Balaban J connectivity index is 2.71. The summed E-state index contributed by atoms with van der Waals surface area (Å²) in [7, 11) is -3.68. The van der Waals surface area contributed by atoms with Gasteiger partial charge in [-0.2, -0.15) is 5.26 Å². The second kappa shape index (κ2) is 5.85. The summed E-state index contributed by atoms with van der Waals surface area (Å²) in [5, 5.41) is 11.2. The number of hydrogen-bond acceptors (Lipinski definition) is 4. The smallest absolute Gasteiger partial charge is 0.239 e. The number of nitriles is 1. The van der Waals surface area contributed by atoms with Gasteiger partial charge in [-0.05, 0) is 24.6 Å². The number of aryl methyl sites for hydroxylation is 1. The van der Waals surface area contributed by atoms with Gasteiger partial charge in [0.05, 0.1) is 6.07 Å². The van der Waals surface area contributed by atoms with Gasteiger partial charge in [0.2, 0.25) is 5.91 Å². The van der Waals surface area contributed by atoms with E-state index in [-0.39, 0.29) is 0 Å². The highest BCUT2D eigenvalue weighted by Crippen LogP contribution is 2.19. The third kappa shape index (κ3) is 4.35. The molecule has 0 saturated carbocycles. The fourth-order valence-electron chi connectivity index (χ4n) is 1.22. The maximum Gasteiger partial charge on any atom is 0.239 e. The minimum atomic E-state index is -3.68. The number of anilines is 1. The van der Waals surface area contributed by atoms with E-state index in [1.165, 1.54) is 12.1 Å². The molecule has 0 bridgehead atoms. The molecule has 5 nitrogen and oxygen atoms in total. The fourth-order valence-corrected chi connectivity index (χ4v) is 2.17. The van der Waals surface area contributed by atoms with Gasteiger partial charge in [0.15, 0.2) is 9.84 Å². The Kier molecular flexibility index (Phi) is 4.70. The molecule has 0 fully saturated rings. The number of halogens is 1. The molecule has 7 heteroatoms. The standard InChI is InChI=1S/C11H11ClN2O3S/c1-8-2-3-9(6-10(8)12)14-11(15)7-18(16,17)5-4-13/h2-3,6H,5,7H2,1H3,(H,14,15). The number of amides is 1. The molecule has 1 aromatic rings. The lowest BCUT2D eigenvalue weighted by molar-refractivity contribution is -0.113. The lowest BCUT2D eigenvalue weighted by Gasteiger charge is -2.06. The number of hydrogen-bond donors (Lipinski definition) is 1. The van der Waals surface area contributed by atoms with E-state index in [2.05, 4.69) is 5.32 Å². The molecule has 0 aliphatic carbocycles. The van der Waals surface area contributed by atoms with Crippen molar-refractivity contribution in [3.63, 3.8) is 0 Å². The van der Waals surface area contributed by atoms with E-state index < -0.39 is 27.3 Å². The first-order valence-corrected chi connectivity index (χ1v) is 7.17. The Morgan fingerprint density at radius 3 is 2.72 bits per heavy atom. The summed E-state index contributed by atoms with van der Waals surface area (Å²) in [6.45, 7) is 1.81. The van der Waals surface area contributed by atoms with Crippen LogP contribution in [0, 0.1) is 18.3 Å². The molecule has 0 unspecified atom stereocenters. The van der Waals surface area contributed by atoms with Crippen LogP contribution in [-0.4, -0.2) is 25.8 Å². The van der Waals surface area contributed by atoms with Gasteiger partial charge < -0.3 is 5.32 Å². The van der Waals surface area contributed by atoms with Gasteiger partial charge >= 0.3 is 0 Å². The van der Waals surface area contributed by atoms with Crippen LogP contribution in [0.2, 0.25) is 5.02 Å². The largest absolute Gasteiger partial charge is 0.325 e. The second-order valence-corrected chi connectivity index (χ2v) is 6.17. The molecular weight excluding hydrogens is 276 g/mol. The molecule has 18 heavy (non-hydrogen) atoms. The molecule has 1 amide bonds. The zero-order chi connectivity index (χ0) is 13.8. The third-order valence-corrected chi connectivity index (χ3v) is 3.77. The van der Waals surface area contributed by atoms with E-state index in [1.807, 2.05) is 6.92 Å². The molecule has 0 heterocycles. The maximum absolute atomic E-state index is 11.5. The molecule has 1 N–H and O–H groups in total. The zero-order valence-corrected chi connectivity index (χ0v) is 11.2. The van der Waals surface area contributed by atoms with Crippen molar-refractivity contribution in [2.45, 2.75) is 6.92 Å². The lowest BCUT2D eigenvalue weighted by atomic mass is 10.2. The number of sulfone groups is 1. The SMILES string of the molecule is Cc1ccc(NC(=O)CS(=O)(=O)CC#N)cc1Cl. The monoisotopic (exact) mass is 286 g/mol. The fraction of sp³-hybridized carbons (Fsp3) is 0.273. The van der Waals surface area contributed by atoms with Gasteiger partial charge in [-0.3, -0.25) is 4.79 Å². The predicted molar refractivity (Wildman–Crippen MR) is 69.1 cm³/mol. The summed E-state index contributed by atoms with van der Waals surface area (Å²) in [5.74, 6) is -2.08. The zero-order valence-electron chi connectivity index (χ0n) is 9.60. The van der Waals surface area contributed by atoms with E-state index in [9.17, 15) is 13.2 Å². The van der Waals surface area contributed by atoms with E-state index in [1.54, 1.807) is 12.1 Å². The number of nitrogens with zero attached hydrogens (tertiary/aromatic N) is 1. The quantitative estimate of drug-likeness (QED) is 0.909. The van der Waals surface area contributed by atoms with Crippen LogP contribution in [0.4, 0.5) is 5.69 Å². The second-order valence-electron chi connectivity index (χ2n) is 3.70. The first kappa shape index (κ1) is 14.5. The Hall–Kier alpha value is -1.58. The highest BCUT2D eigenvalue weighted by molar-refractivity contribution is 7.92. The van der Waals surface area contributed by atoms with Crippen molar-refractivity contribution < 1.29 is 13.2 Å². The number of carbonyl (C=O) groups excluding carboxylic acids is 1. The average molecular weight is 287 g/mol. The van der Waals surface area contributed by atoms with Crippen molar-refractivity contribution in [3.8, 4) is 6.07 Å². The Morgan fingerprint density at radius 2 is 2.17 bits per heavy atom. The molecule has 0 aliphatic rings. The predicted octanol–water partition coefficient (Wildman–Crippen LogP) is 1.53. The van der Waals surface area contributed by atoms with Crippen LogP contribution in [0.15, 0.2) is 18.2 Å². The van der Waals surface area contributed by atoms with Gasteiger partial charge in [-0.25, -0.2) is 8.42 Å². The van der Waals surface area contributed by atoms with Crippen LogP contribution in [0.25, 0.3) is 0 Å². The third-order valence-electron chi connectivity index (χ3n) is 2.09. The molecule has 0 aromatic heterocycles. The summed E-state index contributed by atoms with van der Waals surface area (Å²) >= 11 is 5.87. The molecule has 1 aromatic carbocycles. The van der Waals surface area contributed by atoms with Gasteiger partial charge in [0, 0.05) is 10.7 Å². The topological polar surface area (TPSA) is 87.0 Å². The Morgan fingerprint density at radius 1 is 1.50 bits per heavy atom. The Labute approximate surface area is 110 Å². The lowest BCUT2D eigenvalue weighted by Crippen LogP contribution is -2.24. The highest BCUT2D eigenvalue weighted by Gasteiger charge is 2.16. The van der Waals surface area contributed by atoms with Crippen LogP contribution >= 0.6 is 11.6 Å².